The van der Waals surface area contributed by atoms with Crippen molar-refractivity contribution >= 4 is 23.0 Å². The molecule has 5 heteroatoms. The molecule has 0 spiro atoms. The van der Waals surface area contributed by atoms with Gasteiger partial charge in [0, 0.05) is 29.2 Å². The van der Waals surface area contributed by atoms with E-state index in [9.17, 15) is 4.79 Å². The molecule has 0 unspecified atom stereocenters. The molecular weight excluding hydrogens is 398 g/mol. The molecule has 0 bridgehead atoms. The van der Waals surface area contributed by atoms with Gasteiger partial charge in [-0.15, -0.1) is 0 Å². The van der Waals surface area contributed by atoms with Crippen molar-refractivity contribution < 1.29 is 9.53 Å². The van der Waals surface area contributed by atoms with Gasteiger partial charge < -0.3 is 9.30 Å². The molecule has 5 nitrogen and oxygen atoms in total. The van der Waals surface area contributed by atoms with Crippen LogP contribution in [0.3, 0.4) is 0 Å². The van der Waals surface area contributed by atoms with Gasteiger partial charge in [0.05, 0.1) is 6.21 Å². The topological polar surface area (TPSA) is 55.6 Å². The number of rotatable bonds is 7. The van der Waals surface area contributed by atoms with E-state index in [-0.39, 0.29) is 23.3 Å². The zero-order valence-electron chi connectivity index (χ0n) is 20.3. The second kappa shape index (κ2) is 9.19. The van der Waals surface area contributed by atoms with Gasteiger partial charge in [-0.05, 0) is 47.9 Å². The number of hydrogen-bond acceptors (Lipinski definition) is 3. The third kappa shape index (κ3) is 5.58. The lowest BCUT2D eigenvalue weighted by Gasteiger charge is -2.33. The number of aromatic nitrogens is 1. The lowest BCUT2D eigenvalue weighted by Crippen LogP contribution is -2.25. The average molecular weight is 434 g/mol. The number of fused-ring (bicyclic) bond motifs is 1. The minimum Gasteiger partial charge on any atom is -0.484 e. The highest BCUT2D eigenvalue weighted by Crippen LogP contribution is 2.36. The molecule has 0 atom stereocenters. The van der Waals surface area contributed by atoms with Crippen LogP contribution in [0, 0.1) is 12.3 Å². The van der Waals surface area contributed by atoms with Crippen LogP contribution in [-0.2, 0) is 17.3 Å². The molecule has 0 saturated carbocycles. The molecule has 0 saturated heterocycles. The van der Waals surface area contributed by atoms with Crippen LogP contribution in [0.2, 0.25) is 0 Å². The monoisotopic (exact) mass is 433 g/mol. The number of hydrazone groups is 1. The quantitative estimate of drug-likeness (QED) is 0.382. The van der Waals surface area contributed by atoms with Gasteiger partial charge in [0.15, 0.2) is 6.61 Å². The molecule has 170 valence electrons. The zero-order chi connectivity index (χ0) is 23.5. The number of amides is 1. The van der Waals surface area contributed by atoms with Crippen molar-refractivity contribution in [2.45, 2.75) is 53.4 Å². The maximum absolute atomic E-state index is 12.2. The van der Waals surface area contributed by atoms with Crippen molar-refractivity contribution in [1.82, 2.24) is 9.99 Å². The molecule has 1 N–H and O–H groups in total. The highest BCUT2D eigenvalue weighted by atomic mass is 16.5. The Morgan fingerprint density at radius 1 is 1.06 bits per heavy atom. The van der Waals surface area contributed by atoms with Crippen LogP contribution in [0.25, 0.3) is 10.9 Å². The molecule has 0 radical (unpaired) electrons. The summed E-state index contributed by atoms with van der Waals surface area (Å²) >= 11 is 0. The molecule has 1 amide bonds. The number of para-hydroxylation sites is 1. The van der Waals surface area contributed by atoms with Crippen molar-refractivity contribution in [3.05, 3.63) is 65.4 Å². The Balaban J connectivity index is 1.56. The van der Waals surface area contributed by atoms with Crippen LogP contribution >= 0.6 is 0 Å². The number of carbonyl (C=O) groups excluding carboxylic acids is 1. The van der Waals surface area contributed by atoms with Crippen molar-refractivity contribution in [3.63, 3.8) is 0 Å². The number of benzene rings is 2. The summed E-state index contributed by atoms with van der Waals surface area (Å²) in [4.78, 5) is 12.2. The van der Waals surface area contributed by atoms with Gasteiger partial charge in [0.1, 0.15) is 5.75 Å². The second-order valence-corrected chi connectivity index (χ2v) is 10.3. The van der Waals surface area contributed by atoms with Crippen LogP contribution in [0.1, 0.15) is 57.9 Å². The van der Waals surface area contributed by atoms with E-state index in [0.717, 1.165) is 28.6 Å². The summed E-state index contributed by atoms with van der Waals surface area (Å²) in [6.07, 6.45) is 2.78. The van der Waals surface area contributed by atoms with Gasteiger partial charge >= 0.3 is 0 Å². The molecule has 2 aromatic carbocycles. The van der Waals surface area contributed by atoms with Crippen molar-refractivity contribution in [1.29, 1.82) is 0 Å². The van der Waals surface area contributed by atoms with Crippen LogP contribution in [-0.4, -0.2) is 23.3 Å². The highest BCUT2D eigenvalue weighted by molar-refractivity contribution is 6.01. The van der Waals surface area contributed by atoms with E-state index in [1.54, 1.807) is 6.21 Å². The van der Waals surface area contributed by atoms with Gasteiger partial charge in [-0.25, -0.2) is 5.43 Å². The third-order valence-corrected chi connectivity index (χ3v) is 5.81. The van der Waals surface area contributed by atoms with Crippen molar-refractivity contribution in [3.8, 4) is 5.75 Å². The Kier molecular flexibility index (Phi) is 6.77. The molecule has 3 aromatic rings. The Morgan fingerprint density at radius 3 is 2.38 bits per heavy atom. The van der Waals surface area contributed by atoms with Gasteiger partial charge in [-0.2, -0.15) is 5.10 Å². The number of hydrogen-bond donors (Lipinski definition) is 1. The molecule has 0 fully saturated rings. The SMILES string of the molecule is Cc1c(/C=N/NC(=O)COc2ccc(C(C)(C)CC(C)(C)C)cc2)c2ccccc2n1C. The summed E-state index contributed by atoms with van der Waals surface area (Å²) in [6, 6.07) is 16.2. The molecule has 0 aliphatic heterocycles. The Hall–Kier alpha value is -3.08. The zero-order valence-corrected chi connectivity index (χ0v) is 20.3. The number of nitrogens with one attached hydrogen (secondary N) is 1. The summed E-state index contributed by atoms with van der Waals surface area (Å²) in [5, 5.41) is 5.25. The van der Waals surface area contributed by atoms with Crippen LogP contribution in [0.5, 0.6) is 5.75 Å². The fourth-order valence-corrected chi connectivity index (χ4v) is 4.49. The second-order valence-electron chi connectivity index (χ2n) is 10.3. The van der Waals surface area contributed by atoms with E-state index in [1.807, 2.05) is 38.2 Å². The summed E-state index contributed by atoms with van der Waals surface area (Å²) in [5.41, 5.74) is 7.37. The molecule has 3 rings (SSSR count). The summed E-state index contributed by atoms with van der Waals surface area (Å²) in [5.74, 6) is 0.376. The first kappa shape index (κ1) is 23.6. The van der Waals surface area contributed by atoms with Crippen LogP contribution < -0.4 is 10.2 Å². The van der Waals surface area contributed by atoms with Crippen LogP contribution in [0.15, 0.2) is 53.6 Å². The van der Waals surface area contributed by atoms with E-state index in [1.165, 1.54) is 5.56 Å². The van der Waals surface area contributed by atoms with E-state index in [2.05, 4.69) is 74.0 Å². The Bertz CT molecular complexity index is 1120. The predicted octanol–water partition coefficient (Wildman–Crippen LogP) is 5.73. The fraction of sp³-hybridized carbons (Fsp3) is 0.407. The number of ether oxygens (including phenoxy) is 1. The van der Waals surface area contributed by atoms with E-state index < -0.39 is 0 Å². The highest BCUT2D eigenvalue weighted by Gasteiger charge is 2.27. The van der Waals surface area contributed by atoms with E-state index in [0.29, 0.717) is 5.75 Å². The minimum atomic E-state index is -0.295. The van der Waals surface area contributed by atoms with Gasteiger partial charge in [0.25, 0.3) is 5.91 Å². The lowest BCUT2D eigenvalue weighted by atomic mass is 9.72. The van der Waals surface area contributed by atoms with Gasteiger partial charge in [0.2, 0.25) is 0 Å². The molecule has 1 aromatic heterocycles. The molecule has 0 aliphatic carbocycles. The normalized spacial score (nSPS) is 12.5. The first-order valence-corrected chi connectivity index (χ1v) is 11.1. The van der Waals surface area contributed by atoms with Crippen molar-refractivity contribution in [2.75, 3.05) is 6.61 Å². The van der Waals surface area contributed by atoms with E-state index >= 15 is 0 Å². The minimum absolute atomic E-state index is 0.0720. The smallest absolute Gasteiger partial charge is 0.277 e. The van der Waals surface area contributed by atoms with Gasteiger partial charge in [-0.3, -0.25) is 4.79 Å². The first-order valence-electron chi connectivity index (χ1n) is 11.1. The Morgan fingerprint density at radius 2 is 1.72 bits per heavy atom. The van der Waals surface area contributed by atoms with Crippen molar-refractivity contribution in [2.24, 2.45) is 17.6 Å². The van der Waals surface area contributed by atoms with Gasteiger partial charge in [-0.1, -0.05) is 65.0 Å². The summed E-state index contributed by atoms with van der Waals surface area (Å²) in [7, 11) is 2.02. The average Bonchev–Trinajstić information content (AvgIpc) is 2.96. The molecule has 0 aliphatic rings. The molecule has 32 heavy (non-hydrogen) atoms. The molecule has 1 heterocycles. The summed E-state index contributed by atoms with van der Waals surface area (Å²) < 4.78 is 7.77. The number of aryl methyl sites for hydroxylation is 1. The lowest BCUT2D eigenvalue weighted by molar-refractivity contribution is -0.123. The maximum atomic E-state index is 12.2. The largest absolute Gasteiger partial charge is 0.484 e. The molecular formula is C27H35N3O2. The Labute approximate surface area is 191 Å². The standard InChI is InChI=1S/C27H35N3O2/c1-19-23(22-10-8-9-11-24(22)30(19)7)16-28-29-25(31)17-32-21-14-12-20(13-15-21)27(5,6)18-26(2,3)4/h8-16H,17-18H2,1-7H3,(H,29,31)/b28-16+. The number of nitrogens with zero attached hydrogens (tertiary/aromatic N) is 2. The predicted molar refractivity (Wildman–Crippen MR) is 132 cm³/mol. The van der Waals surface area contributed by atoms with E-state index in [4.69, 9.17) is 4.74 Å². The third-order valence-electron chi connectivity index (χ3n) is 5.81. The maximum Gasteiger partial charge on any atom is 0.277 e. The number of carbonyl (C=O) groups is 1. The van der Waals surface area contributed by atoms with Crippen LogP contribution in [0.4, 0.5) is 0 Å². The first-order chi connectivity index (χ1) is 15.0. The fourth-order valence-electron chi connectivity index (χ4n) is 4.49. The summed E-state index contributed by atoms with van der Waals surface area (Å²) in [6.45, 7) is 13.3.